The molecular formula is C15H23FN2O2. The molecule has 20 heavy (non-hydrogen) atoms. The first-order valence-electron chi connectivity index (χ1n) is 6.99. The lowest BCUT2D eigenvalue weighted by molar-refractivity contribution is -0.0356. The van der Waals surface area contributed by atoms with Crippen molar-refractivity contribution in [1.29, 1.82) is 0 Å². The largest absolute Gasteiger partial charge is 0.494 e. The summed E-state index contributed by atoms with van der Waals surface area (Å²) in [4.78, 5) is 0. The quantitative estimate of drug-likeness (QED) is 0.620. The molecule has 1 aliphatic rings. The summed E-state index contributed by atoms with van der Waals surface area (Å²) in [5.41, 5.74) is 3.49. The van der Waals surface area contributed by atoms with Gasteiger partial charge in [-0.25, -0.2) is 4.39 Å². The van der Waals surface area contributed by atoms with Gasteiger partial charge in [0, 0.05) is 7.11 Å². The minimum absolute atomic E-state index is 0.0252. The van der Waals surface area contributed by atoms with Gasteiger partial charge in [-0.1, -0.05) is 18.9 Å². The van der Waals surface area contributed by atoms with Gasteiger partial charge in [-0.05, 0) is 37.0 Å². The van der Waals surface area contributed by atoms with Crippen LogP contribution in [-0.4, -0.2) is 25.9 Å². The lowest BCUT2D eigenvalue weighted by atomic mass is 9.87. The van der Waals surface area contributed by atoms with Gasteiger partial charge in [0.25, 0.3) is 0 Å². The van der Waals surface area contributed by atoms with Gasteiger partial charge in [0.05, 0.1) is 18.8 Å². The third-order valence-electron chi connectivity index (χ3n) is 4.35. The Balaban J connectivity index is 2.15. The highest BCUT2D eigenvalue weighted by molar-refractivity contribution is 5.30. The van der Waals surface area contributed by atoms with E-state index in [1.165, 1.54) is 13.2 Å². The maximum atomic E-state index is 13.8. The molecule has 0 radical (unpaired) electrons. The van der Waals surface area contributed by atoms with Gasteiger partial charge in [-0.3, -0.25) is 11.3 Å². The average Bonchev–Trinajstić information content (AvgIpc) is 2.95. The fraction of sp³-hybridized carbons (Fsp3) is 0.600. The topological polar surface area (TPSA) is 56.5 Å². The van der Waals surface area contributed by atoms with Crippen LogP contribution >= 0.6 is 0 Å². The van der Waals surface area contributed by atoms with E-state index in [0.717, 1.165) is 31.2 Å². The van der Waals surface area contributed by atoms with Gasteiger partial charge in [-0.2, -0.15) is 0 Å². The molecule has 2 rings (SSSR count). The van der Waals surface area contributed by atoms with E-state index in [4.69, 9.17) is 15.3 Å². The first-order chi connectivity index (χ1) is 9.65. The SMILES string of the molecule is COc1ccc(CC(NN)C2(OC)CCCC2)cc1F. The summed E-state index contributed by atoms with van der Waals surface area (Å²) in [5.74, 6) is 5.62. The maximum Gasteiger partial charge on any atom is 0.165 e. The van der Waals surface area contributed by atoms with Crippen molar-refractivity contribution >= 4 is 0 Å². The minimum atomic E-state index is -0.348. The second-order valence-electron chi connectivity index (χ2n) is 5.37. The van der Waals surface area contributed by atoms with E-state index in [2.05, 4.69) is 5.43 Å². The highest BCUT2D eigenvalue weighted by atomic mass is 19.1. The Hall–Kier alpha value is -1.17. The summed E-state index contributed by atoms with van der Waals surface area (Å²) in [5, 5.41) is 0. The summed E-state index contributed by atoms with van der Waals surface area (Å²) in [6, 6.07) is 4.99. The first kappa shape index (κ1) is 15.2. The first-order valence-corrected chi connectivity index (χ1v) is 6.99. The van der Waals surface area contributed by atoms with E-state index in [1.807, 2.05) is 6.07 Å². The van der Waals surface area contributed by atoms with E-state index in [1.54, 1.807) is 13.2 Å². The summed E-state index contributed by atoms with van der Waals surface area (Å²) >= 11 is 0. The van der Waals surface area contributed by atoms with Gasteiger partial charge >= 0.3 is 0 Å². The Kier molecular flexibility index (Phi) is 4.96. The number of benzene rings is 1. The van der Waals surface area contributed by atoms with Crippen LogP contribution in [0.2, 0.25) is 0 Å². The predicted octanol–water partition coefficient (Wildman–Crippen LogP) is 2.17. The van der Waals surface area contributed by atoms with Crippen molar-refractivity contribution in [2.45, 2.75) is 43.7 Å². The highest BCUT2D eigenvalue weighted by Gasteiger charge is 2.41. The number of ether oxygens (including phenoxy) is 2. The van der Waals surface area contributed by atoms with Crippen molar-refractivity contribution in [1.82, 2.24) is 5.43 Å². The van der Waals surface area contributed by atoms with E-state index in [9.17, 15) is 4.39 Å². The van der Waals surface area contributed by atoms with E-state index in [0.29, 0.717) is 6.42 Å². The maximum absolute atomic E-state index is 13.8. The molecule has 5 heteroatoms. The molecule has 1 aromatic rings. The molecule has 0 amide bonds. The molecule has 1 aromatic carbocycles. The van der Waals surface area contributed by atoms with Gasteiger partial charge < -0.3 is 9.47 Å². The lowest BCUT2D eigenvalue weighted by Gasteiger charge is -2.36. The van der Waals surface area contributed by atoms with Crippen LogP contribution in [0.4, 0.5) is 4.39 Å². The second kappa shape index (κ2) is 6.52. The van der Waals surface area contributed by atoms with Crippen LogP contribution in [-0.2, 0) is 11.2 Å². The molecular weight excluding hydrogens is 259 g/mol. The number of nitrogens with two attached hydrogens (primary N) is 1. The van der Waals surface area contributed by atoms with E-state index < -0.39 is 0 Å². The van der Waals surface area contributed by atoms with Crippen molar-refractivity contribution in [2.75, 3.05) is 14.2 Å². The lowest BCUT2D eigenvalue weighted by Crippen LogP contribution is -2.54. The zero-order valence-electron chi connectivity index (χ0n) is 12.1. The molecule has 1 fully saturated rings. The molecule has 0 spiro atoms. The molecule has 1 atom stereocenters. The molecule has 0 saturated heterocycles. The monoisotopic (exact) mass is 282 g/mol. The number of nitrogens with one attached hydrogen (secondary N) is 1. The predicted molar refractivity (Wildman–Crippen MR) is 76.0 cm³/mol. The van der Waals surface area contributed by atoms with Gasteiger partial charge in [0.1, 0.15) is 0 Å². The van der Waals surface area contributed by atoms with Crippen molar-refractivity contribution in [3.8, 4) is 5.75 Å². The number of halogens is 1. The van der Waals surface area contributed by atoms with Crippen LogP contribution in [0, 0.1) is 5.82 Å². The molecule has 0 aliphatic heterocycles. The number of methoxy groups -OCH3 is 2. The summed E-state index contributed by atoms with van der Waals surface area (Å²) < 4.78 is 24.4. The van der Waals surface area contributed by atoms with Crippen LogP contribution in [0.25, 0.3) is 0 Å². The molecule has 0 bridgehead atoms. The molecule has 4 nitrogen and oxygen atoms in total. The zero-order valence-corrected chi connectivity index (χ0v) is 12.1. The fourth-order valence-electron chi connectivity index (χ4n) is 3.14. The number of rotatable bonds is 6. The second-order valence-corrected chi connectivity index (χ2v) is 5.37. The van der Waals surface area contributed by atoms with Crippen molar-refractivity contribution < 1.29 is 13.9 Å². The molecule has 1 unspecified atom stereocenters. The Morgan fingerprint density at radius 3 is 2.55 bits per heavy atom. The molecule has 1 aliphatic carbocycles. The molecule has 0 aromatic heterocycles. The van der Waals surface area contributed by atoms with E-state index >= 15 is 0 Å². The normalized spacial score (nSPS) is 19.0. The summed E-state index contributed by atoms with van der Waals surface area (Å²) in [6.45, 7) is 0. The average molecular weight is 282 g/mol. The smallest absolute Gasteiger partial charge is 0.165 e. The fourth-order valence-corrected chi connectivity index (χ4v) is 3.14. The van der Waals surface area contributed by atoms with Crippen LogP contribution < -0.4 is 16.0 Å². The Bertz CT molecular complexity index is 447. The third-order valence-corrected chi connectivity index (χ3v) is 4.35. The standard InChI is InChI=1S/C15H23FN2O2/c1-19-13-6-5-11(9-12(13)16)10-14(18-17)15(20-2)7-3-4-8-15/h5-6,9,14,18H,3-4,7-8,10,17H2,1-2H3. The van der Waals surface area contributed by atoms with Gasteiger partial charge in [-0.15, -0.1) is 0 Å². The number of hydrazine groups is 1. The van der Waals surface area contributed by atoms with Crippen LogP contribution in [0.5, 0.6) is 5.75 Å². The van der Waals surface area contributed by atoms with Crippen molar-refractivity contribution in [2.24, 2.45) is 5.84 Å². The van der Waals surface area contributed by atoms with Crippen molar-refractivity contribution in [3.63, 3.8) is 0 Å². The Morgan fingerprint density at radius 2 is 2.05 bits per heavy atom. The highest BCUT2D eigenvalue weighted by Crippen LogP contribution is 2.36. The van der Waals surface area contributed by atoms with Gasteiger partial charge in [0.15, 0.2) is 11.6 Å². The van der Waals surface area contributed by atoms with Crippen LogP contribution in [0.3, 0.4) is 0 Å². The number of hydrogen-bond acceptors (Lipinski definition) is 4. The summed E-state index contributed by atoms with van der Waals surface area (Å²) in [6.07, 6.45) is 4.88. The van der Waals surface area contributed by atoms with Crippen LogP contribution in [0.15, 0.2) is 18.2 Å². The minimum Gasteiger partial charge on any atom is -0.494 e. The zero-order chi connectivity index (χ0) is 14.6. The Labute approximate surface area is 119 Å². The molecule has 112 valence electrons. The van der Waals surface area contributed by atoms with Crippen molar-refractivity contribution in [3.05, 3.63) is 29.6 Å². The third kappa shape index (κ3) is 2.95. The van der Waals surface area contributed by atoms with E-state index in [-0.39, 0.29) is 23.2 Å². The number of hydrogen-bond donors (Lipinski definition) is 2. The summed E-state index contributed by atoms with van der Waals surface area (Å²) in [7, 11) is 3.19. The molecule has 1 saturated carbocycles. The van der Waals surface area contributed by atoms with Gasteiger partial charge in [0.2, 0.25) is 0 Å². The Morgan fingerprint density at radius 1 is 1.35 bits per heavy atom. The molecule has 0 heterocycles. The van der Waals surface area contributed by atoms with Crippen LogP contribution in [0.1, 0.15) is 31.2 Å². The molecule has 3 N–H and O–H groups in total.